The van der Waals surface area contributed by atoms with Crippen LogP contribution in [0.5, 0.6) is 6.01 Å². The van der Waals surface area contributed by atoms with E-state index in [1.165, 1.54) is 0 Å². The summed E-state index contributed by atoms with van der Waals surface area (Å²) in [5.41, 5.74) is 7.88. The predicted molar refractivity (Wildman–Crippen MR) is 109 cm³/mol. The Morgan fingerprint density at radius 1 is 1.16 bits per heavy atom. The second-order valence-corrected chi connectivity index (χ2v) is 7.76. The SMILES string of the molecule is Cc1nc(OCC(=O)N(C)C2CCN(Cc3cc(F)c(F)c(F)c3)CC2)nc(C)c1N. The molecule has 1 aromatic carbocycles. The number of carbonyl (C=O) groups excluding carboxylic acids is 1. The number of hydrogen-bond donors (Lipinski definition) is 1. The van der Waals surface area contributed by atoms with Gasteiger partial charge in [-0.25, -0.2) is 13.2 Å². The first-order chi connectivity index (χ1) is 14.7. The third-order valence-corrected chi connectivity index (χ3v) is 5.58. The molecule has 0 unspecified atom stereocenters. The van der Waals surface area contributed by atoms with Crippen molar-refractivity contribution in [2.45, 2.75) is 39.3 Å². The van der Waals surface area contributed by atoms with E-state index in [4.69, 9.17) is 10.5 Å². The number of aromatic nitrogens is 2. The minimum Gasteiger partial charge on any atom is -0.453 e. The first-order valence-electron chi connectivity index (χ1n) is 10.0. The van der Waals surface area contributed by atoms with Crippen molar-refractivity contribution < 1.29 is 22.7 Å². The highest BCUT2D eigenvalue weighted by molar-refractivity contribution is 5.77. The van der Waals surface area contributed by atoms with Gasteiger partial charge in [-0.2, -0.15) is 9.97 Å². The predicted octanol–water partition coefficient (Wildman–Crippen LogP) is 2.59. The normalized spacial score (nSPS) is 15.2. The zero-order valence-corrected chi connectivity index (χ0v) is 17.8. The Bertz CT molecular complexity index is 918. The van der Waals surface area contributed by atoms with Crippen LogP contribution in [0, 0.1) is 31.3 Å². The topological polar surface area (TPSA) is 84.6 Å². The van der Waals surface area contributed by atoms with E-state index in [9.17, 15) is 18.0 Å². The van der Waals surface area contributed by atoms with Gasteiger partial charge in [0.15, 0.2) is 24.1 Å². The fraction of sp³-hybridized carbons (Fsp3) is 0.476. The van der Waals surface area contributed by atoms with E-state index in [2.05, 4.69) is 9.97 Å². The third-order valence-electron chi connectivity index (χ3n) is 5.58. The van der Waals surface area contributed by atoms with Gasteiger partial charge in [0.05, 0.1) is 17.1 Å². The van der Waals surface area contributed by atoms with E-state index in [-0.39, 0.29) is 24.6 Å². The van der Waals surface area contributed by atoms with E-state index in [1.807, 2.05) is 4.90 Å². The summed E-state index contributed by atoms with van der Waals surface area (Å²) in [4.78, 5) is 24.4. The van der Waals surface area contributed by atoms with E-state index in [0.29, 0.717) is 55.1 Å². The molecule has 1 saturated heterocycles. The summed E-state index contributed by atoms with van der Waals surface area (Å²) >= 11 is 0. The number of ether oxygens (including phenoxy) is 1. The van der Waals surface area contributed by atoms with Crippen molar-refractivity contribution in [3.63, 3.8) is 0 Å². The summed E-state index contributed by atoms with van der Waals surface area (Å²) in [5.74, 6) is -4.03. The monoisotopic (exact) mass is 437 g/mol. The molecular formula is C21H26F3N5O2. The van der Waals surface area contributed by atoms with Gasteiger partial charge in [-0.05, 0) is 44.4 Å². The molecule has 0 aliphatic carbocycles. The Balaban J connectivity index is 1.49. The lowest BCUT2D eigenvalue weighted by Gasteiger charge is -2.36. The van der Waals surface area contributed by atoms with Crippen molar-refractivity contribution in [1.29, 1.82) is 0 Å². The summed E-state index contributed by atoms with van der Waals surface area (Å²) < 4.78 is 45.4. The molecule has 2 N–H and O–H groups in total. The van der Waals surface area contributed by atoms with E-state index in [0.717, 1.165) is 12.1 Å². The van der Waals surface area contributed by atoms with Gasteiger partial charge < -0.3 is 15.4 Å². The van der Waals surface area contributed by atoms with Crippen LogP contribution in [0.15, 0.2) is 12.1 Å². The van der Waals surface area contributed by atoms with Crippen LogP contribution in [0.25, 0.3) is 0 Å². The quantitative estimate of drug-likeness (QED) is 0.700. The summed E-state index contributed by atoms with van der Waals surface area (Å²) in [5, 5.41) is 0. The number of anilines is 1. The van der Waals surface area contributed by atoms with E-state index >= 15 is 0 Å². The van der Waals surface area contributed by atoms with Gasteiger partial charge in [0.2, 0.25) is 0 Å². The molecule has 1 amide bonds. The highest BCUT2D eigenvalue weighted by Gasteiger charge is 2.26. The average molecular weight is 437 g/mol. The second-order valence-electron chi connectivity index (χ2n) is 7.76. The van der Waals surface area contributed by atoms with Crippen LogP contribution in [0.2, 0.25) is 0 Å². The molecule has 2 heterocycles. The molecule has 0 radical (unpaired) electrons. The highest BCUT2D eigenvalue weighted by Crippen LogP contribution is 2.20. The molecule has 3 rings (SSSR count). The first-order valence-corrected chi connectivity index (χ1v) is 10.0. The third kappa shape index (κ3) is 5.43. The number of piperidine rings is 1. The van der Waals surface area contributed by atoms with E-state index < -0.39 is 17.5 Å². The van der Waals surface area contributed by atoms with Gasteiger partial charge in [-0.3, -0.25) is 9.69 Å². The number of likely N-dealkylation sites (tertiary alicyclic amines) is 1. The van der Waals surface area contributed by atoms with Crippen molar-refractivity contribution in [2.75, 3.05) is 32.5 Å². The van der Waals surface area contributed by atoms with Gasteiger partial charge in [0.25, 0.3) is 5.91 Å². The van der Waals surface area contributed by atoms with Crippen LogP contribution < -0.4 is 10.5 Å². The zero-order chi connectivity index (χ0) is 22.7. The summed E-state index contributed by atoms with van der Waals surface area (Å²) in [7, 11) is 1.72. The molecule has 10 heteroatoms. The molecule has 1 fully saturated rings. The van der Waals surface area contributed by atoms with Crippen LogP contribution in [-0.4, -0.2) is 58.5 Å². The Morgan fingerprint density at radius 2 is 1.71 bits per heavy atom. The van der Waals surface area contributed by atoms with E-state index in [1.54, 1.807) is 25.8 Å². The smallest absolute Gasteiger partial charge is 0.317 e. The number of halogens is 3. The van der Waals surface area contributed by atoms with Crippen molar-refractivity contribution in [3.8, 4) is 6.01 Å². The maximum atomic E-state index is 13.4. The molecule has 2 aromatic rings. The number of nitrogen functional groups attached to an aromatic ring is 1. The van der Waals surface area contributed by atoms with Crippen LogP contribution in [0.1, 0.15) is 29.8 Å². The summed E-state index contributed by atoms with van der Waals surface area (Å²) in [6.07, 6.45) is 1.40. The number of nitrogens with two attached hydrogens (primary N) is 1. The number of hydrogen-bond acceptors (Lipinski definition) is 6. The summed E-state index contributed by atoms with van der Waals surface area (Å²) in [6.45, 7) is 4.90. The van der Waals surface area contributed by atoms with Crippen LogP contribution in [0.3, 0.4) is 0 Å². The van der Waals surface area contributed by atoms with Crippen molar-refractivity contribution in [2.24, 2.45) is 0 Å². The standard InChI is InChI=1S/C21H26F3N5O2/c1-12-20(25)13(2)27-21(26-12)31-11-18(30)28(3)15-4-6-29(7-5-15)10-14-8-16(22)19(24)17(23)9-14/h8-9,15H,4-7,10-11,25H2,1-3H3. The van der Waals surface area contributed by atoms with Crippen molar-refractivity contribution in [1.82, 2.24) is 19.8 Å². The number of likely N-dealkylation sites (N-methyl/N-ethyl adjacent to an activating group) is 1. The molecule has 1 aliphatic rings. The first kappa shape index (κ1) is 22.8. The number of amides is 1. The lowest BCUT2D eigenvalue weighted by Crippen LogP contribution is -2.46. The Morgan fingerprint density at radius 3 is 2.26 bits per heavy atom. The molecule has 0 saturated carbocycles. The molecule has 31 heavy (non-hydrogen) atoms. The van der Waals surface area contributed by atoms with Crippen molar-refractivity contribution >= 4 is 11.6 Å². The molecule has 7 nitrogen and oxygen atoms in total. The maximum Gasteiger partial charge on any atom is 0.317 e. The largest absolute Gasteiger partial charge is 0.453 e. The molecule has 1 aliphatic heterocycles. The Labute approximate surface area is 179 Å². The van der Waals surface area contributed by atoms with Crippen LogP contribution in [0.4, 0.5) is 18.9 Å². The Hall–Kier alpha value is -2.88. The molecule has 0 bridgehead atoms. The lowest BCUT2D eigenvalue weighted by molar-refractivity contribution is -0.135. The van der Waals surface area contributed by atoms with Gasteiger partial charge in [-0.1, -0.05) is 0 Å². The molecule has 0 spiro atoms. The molecule has 0 atom stereocenters. The minimum atomic E-state index is -1.46. The van der Waals surface area contributed by atoms with Crippen molar-refractivity contribution in [3.05, 3.63) is 46.5 Å². The fourth-order valence-corrected chi connectivity index (χ4v) is 3.61. The lowest BCUT2D eigenvalue weighted by atomic mass is 10.0. The average Bonchev–Trinajstić information content (AvgIpc) is 2.74. The zero-order valence-electron chi connectivity index (χ0n) is 17.8. The van der Waals surface area contributed by atoms with Gasteiger partial charge in [0, 0.05) is 32.7 Å². The number of nitrogens with zero attached hydrogens (tertiary/aromatic N) is 4. The van der Waals surface area contributed by atoms with Gasteiger partial charge >= 0.3 is 6.01 Å². The van der Waals surface area contributed by atoms with Gasteiger partial charge in [0.1, 0.15) is 0 Å². The van der Waals surface area contributed by atoms with Crippen LogP contribution in [-0.2, 0) is 11.3 Å². The number of carbonyl (C=O) groups is 1. The highest BCUT2D eigenvalue weighted by atomic mass is 19.2. The molecule has 1 aromatic heterocycles. The Kier molecular flexibility index (Phi) is 6.99. The molecular weight excluding hydrogens is 411 g/mol. The second kappa shape index (κ2) is 9.51. The number of benzene rings is 1. The van der Waals surface area contributed by atoms with Gasteiger partial charge in [-0.15, -0.1) is 0 Å². The number of aryl methyl sites for hydroxylation is 2. The summed E-state index contributed by atoms with van der Waals surface area (Å²) in [6, 6.07) is 2.16. The number of rotatable bonds is 6. The minimum absolute atomic E-state index is 0.0184. The molecule has 168 valence electrons. The van der Waals surface area contributed by atoms with Crippen LogP contribution >= 0.6 is 0 Å². The maximum absolute atomic E-state index is 13.4. The fourth-order valence-electron chi connectivity index (χ4n) is 3.61.